The molecule has 13 nitrogen and oxygen atoms in total. The molecule has 2 heterocycles. The van der Waals surface area contributed by atoms with Crippen LogP contribution < -0.4 is 16.5 Å². The Kier molecular flexibility index (Phi) is 14.5. The first-order chi connectivity index (χ1) is 18.1. The number of carbonyl (C=O) groups is 2. The average Bonchev–Trinajstić information content (AvgIpc) is 2.90. The largest absolute Gasteiger partial charge is 0.385 e. The number of nitrogens with zero attached hydrogens (tertiary/aromatic N) is 2. The number of aliphatic hydroxyl groups excluding tert-OH is 2. The van der Waals surface area contributed by atoms with Gasteiger partial charge in [0.05, 0.1) is 31.1 Å². The summed E-state index contributed by atoms with van der Waals surface area (Å²) in [4.78, 5) is 28.1. The fraction of sp³-hybridized carbons (Fsp3) is 0.652. The van der Waals surface area contributed by atoms with Crippen LogP contribution in [0.15, 0.2) is 34.5 Å². The summed E-state index contributed by atoms with van der Waals surface area (Å²) in [7, 11) is 4.39. The molecule has 2 amide bonds. The molecule has 1 aromatic rings. The monoisotopic (exact) mass is 575 g/mol. The van der Waals surface area contributed by atoms with Crippen LogP contribution in [0.1, 0.15) is 27.2 Å². The third-order valence-corrected chi connectivity index (χ3v) is 7.81. The normalized spacial score (nSPS) is 26.0. The molecule has 0 aliphatic carbocycles. The standard InChI is InChI=1S/C23H37N5O8S2/c1-13-18(24)21(36-22(32)20(31)14(2)33-4)19(27-15(3)29)23(35-13)34-11-10-26-28-16(30)8-12-37-38-17-7-5-6-9-25-17/h5-7,9-10,13-14,18-23,31-32H,8,11-12,24H2,1-4H3,(H,27,29)(H,28,30)/b26-10+/t13?,14-,18+,19?,20?,21?,22?,23-/m1/s1. The van der Waals surface area contributed by atoms with Gasteiger partial charge in [0.25, 0.3) is 0 Å². The lowest BCUT2D eigenvalue weighted by molar-refractivity contribution is -0.275. The molecule has 0 aromatic carbocycles. The second-order valence-corrected chi connectivity index (χ2v) is 10.9. The van der Waals surface area contributed by atoms with Gasteiger partial charge in [0.1, 0.15) is 23.3 Å². The first kappa shape index (κ1) is 32.4. The van der Waals surface area contributed by atoms with Gasteiger partial charge in [-0.1, -0.05) is 16.9 Å². The first-order valence-electron chi connectivity index (χ1n) is 12.0. The Morgan fingerprint density at radius 2 is 2.13 bits per heavy atom. The molecule has 8 atom stereocenters. The minimum absolute atomic E-state index is 0.0636. The van der Waals surface area contributed by atoms with E-state index in [1.54, 1.807) is 20.0 Å². The van der Waals surface area contributed by atoms with E-state index in [1.165, 1.54) is 41.8 Å². The lowest BCUT2D eigenvalue weighted by Gasteiger charge is -2.45. The van der Waals surface area contributed by atoms with E-state index in [9.17, 15) is 19.8 Å². The van der Waals surface area contributed by atoms with E-state index in [4.69, 9.17) is 24.7 Å². The molecule has 214 valence electrons. The molecule has 2 rings (SSSR count). The molecule has 1 saturated heterocycles. The fourth-order valence-electron chi connectivity index (χ4n) is 3.35. The smallest absolute Gasteiger partial charge is 0.240 e. The molecule has 15 heteroatoms. The summed E-state index contributed by atoms with van der Waals surface area (Å²) in [5, 5.41) is 28.0. The second kappa shape index (κ2) is 17.0. The van der Waals surface area contributed by atoms with Crippen molar-refractivity contribution in [2.24, 2.45) is 10.8 Å². The summed E-state index contributed by atoms with van der Waals surface area (Å²) in [6, 6.07) is 3.97. The van der Waals surface area contributed by atoms with Crippen LogP contribution in [0.3, 0.4) is 0 Å². The van der Waals surface area contributed by atoms with Gasteiger partial charge in [0.2, 0.25) is 11.8 Å². The zero-order valence-corrected chi connectivity index (χ0v) is 23.4. The van der Waals surface area contributed by atoms with Gasteiger partial charge in [-0.3, -0.25) is 9.59 Å². The van der Waals surface area contributed by atoms with Gasteiger partial charge in [0.15, 0.2) is 12.6 Å². The minimum atomic E-state index is -1.64. The fourth-order valence-corrected chi connectivity index (χ4v) is 5.21. The molecule has 1 aromatic heterocycles. The first-order valence-corrected chi connectivity index (χ1v) is 14.3. The van der Waals surface area contributed by atoms with Crippen LogP contribution in [-0.2, 0) is 28.5 Å². The zero-order valence-electron chi connectivity index (χ0n) is 21.8. The molecule has 0 bridgehead atoms. The summed E-state index contributed by atoms with van der Waals surface area (Å²) in [5.74, 6) is -0.0782. The number of hydrogen-bond donors (Lipinski definition) is 5. The van der Waals surface area contributed by atoms with Gasteiger partial charge in [-0.2, -0.15) is 5.10 Å². The highest BCUT2D eigenvalue weighted by atomic mass is 33.1. The van der Waals surface area contributed by atoms with E-state index in [2.05, 4.69) is 20.8 Å². The summed E-state index contributed by atoms with van der Waals surface area (Å²) in [6.07, 6.45) is -2.93. The summed E-state index contributed by atoms with van der Waals surface area (Å²) >= 11 is 0. The second-order valence-electron chi connectivity index (χ2n) is 8.44. The number of aromatic nitrogens is 1. The Morgan fingerprint density at radius 1 is 1.37 bits per heavy atom. The van der Waals surface area contributed by atoms with Crippen molar-refractivity contribution in [1.82, 2.24) is 15.7 Å². The Labute approximate surface area is 230 Å². The van der Waals surface area contributed by atoms with Crippen molar-refractivity contribution in [2.45, 2.75) is 81.3 Å². The van der Waals surface area contributed by atoms with Crippen LogP contribution >= 0.6 is 21.6 Å². The van der Waals surface area contributed by atoms with Crippen molar-refractivity contribution in [3.8, 4) is 0 Å². The summed E-state index contributed by atoms with van der Waals surface area (Å²) in [5.41, 5.74) is 8.67. The highest BCUT2D eigenvalue weighted by Crippen LogP contribution is 2.29. The van der Waals surface area contributed by atoms with Gasteiger partial charge < -0.3 is 40.2 Å². The Bertz CT molecular complexity index is 887. The van der Waals surface area contributed by atoms with Crippen LogP contribution in [-0.4, -0.2) is 102 Å². The van der Waals surface area contributed by atoms with E-state index in [0.29, 0.717) is 5.75 Å². The van der Waals surface area contributed by atoms with Gasteiger partial charge in [-0.05, 0) is 36.8 Å². The Morgan fingerprint density at radius 3 is 2.79 bits per heavy atom. The summed E-state index contributed by atoms with van der Waals surface area (Å²) in [6.45, 7) is 4.51. The topological polar surface area (TPSA) is 187 Å². The van der Waals surface area contributed by atoms with Crippen molar-refractivity contribution in [3.63, 3.8) is 0 Å². The average molecular weight is 576 g/mol. The van der Waals surface area contributed by atoms with Crippen molar-refractivity contribution < 1.29 is 38.7 Å². The highest BCUT2D eigenvalue weighted by molar-refractivity contribution is 8.76. The van der Waals surface area contributed by atoms with Gasteiger partial charge in [-0.15, -0.1) is 0 Å². The molecular formula is C23H37N5O8S2. The number of aliphatic hydroxyl groups is 2. The molecule has 0 spiro atoms. The van der Waals surface area contributed by atoms with Crippen molar-refractivity contribution in [1.29, 1.82) is 0 Å². The maximum atomic E-state index is 12.0. The maximum Gasteiger partial charge on any atom is 0.240 e. The zero-order chi connectivity index (χ0) is 28.1. The number of nitrogens with two attached hydrogens (primary N) is 1. The molecule has 0 radical (unpaired) electrons. The molecule has 1 aliphatic heterocycles. The van der Waals surface area contributed by atoms with Crippen molar-refractivity contribution in [3.05, 3.63) is 24.4 Å². The van der Waals surface area contributed by atoms with E-state index < -0.39 is 55.0 Å². The SMILES string of the molecule is CO[C@H](C)C(O)C(O)OC1C(NC(C)=O)[C@H](OC/C=N/NC(=O)CCSSc2ccccn2)OC(C)[C@@H]1N. The number of hydrogen-bond acceptors (Lipinski definition) is 13. The lowest BCUT2D eigenvalue weighted by atomic mass is 9.95. The number of hydrazone groups is 1. The minimum Gasteiger partial charge on any atom is -0.385 e. The van der Waals surface area contributed by atoms with Crippen LogP contribution in [0, 0.1) is 0 Å². The molecule has 38 heavy (non-hydrogen) atoms. The Balaban J connectivity index is 1.85. The van der Waals surface area contributed by atoms with Crippen LogP contribution in [0.5, 0.6) is 0 Å². The van der Waals surface area contributed by atoms with E-state index in [1.807, 2.05) is 18.2 Å². The number of carbonyl (C=O) groups excluding carboxylic acids is 2. The number of nitrogens with one attached hydrogen (secondary N) is 2. The maximum absolute atomic E-state index is 12.0. The quantitative estimate of drug-likeness (QED) is 0.0621. The van der Waals surface area contributed by atoms with Crippen molar-refractivity contribution in [2.75, 3.05) is 19.5 Å². The van der Waals surface area contributed by atoms with E-state index >= 15 is 0 Å². The third kappa shape index (κ3) is 10.7. The lowest BCUT2D eigenvalue weighted by Crippen LogP contribution is -2.67. The Hall–Kier alpha value is -1.82. The number of ether oxygens (including phenoxy) is 4. The van der Waals surface area contributed by atoms with Crippen LogP contribution in [0.25, 0.3) is 0 Å². The van der Waals surface area contributed by atoms with Crippen molar-refractivity contribution >= 4 is 39.6 Å². The number of rotatable bonds is 15. The summed E-state index contributed by atoms with van der Waals surface area (Å²) < 4.78 is 22.2. The molecule has 5 unspecified atom stereocenters. The number of pyridine rings is 1. The van der Waals surface area contributed by atoms with Gasteiger partial charge in [-0.25, -0.2) is 10.4 Å². The molecule has 1 fully saturated rings. The van der Waals surface area contributed by atoms with Gasteiger partial charge in [0, 0.05) is 32.4 Å². The number of methoxy groups -OCH3 is 1. The van der Waals surface area contributed by atoms with Gasteiger partial charge >= 0.3 is 0 Å². The van der Waals surface area contributed by atoms with E-state index in [0.717, 1.165) is 5.03 Å². The predicted molar refractivity (Wildman–Crippen MR) is 143 cm³/mol. The highest BCUT2D eigenvalue weighted by Gasteiger charge is 2.46. The third-order valence-electron chi connectivity index (χ3n) is 5.54. The number of amides is 2. The molecular weight excluding hydrogens is 538 g/mol. The predicted octanol–water partition coefficient (Wildman–Crippen LogP) is 0.00680. The molecule has 1 aliphatic rings. The van der Waals surface area contributed by atoms with E-state index in [-0.39, 0.29) is 18.9 Å². The molecule has 0 saturated carbocycles. The molecule has 6 N–H and O–H groups in total. The van der Waals surface area contributed by atoms with Crippen LogP contribution in [0.2, 0.25) is 0 Å². The van der Waals surface area contributed by atoms with Crippen LogP contribution in [0.4, 0.5) is 0 Å².